The molecule has 0 bridgehead atoms. The van der Waals surface area contributed by atoms with E-state index in [9.17, 15) is 0 Å². The van der Waals surface area contributed by atoms with Gasteiger partial charge >= 0.3 is 0 Å². The summed E-state index contributed by atoms with van der Waals surface area (Å²) in [7, 11) is 0. The summed E-state index contributed by atoms with van der Waals surface area (Å²) in [4.78, 5) is 2.42. The number of hydrogen-bond acceptors (Lipinski definition) is 3. The molecule has 0 unspecified atom stereocenters. The Morgan fingerprint density at radius 1 is 1.10 bits per heavy atom. The second-order valence-electron chi connectivity index (χ2n) is 4.92. The molecule has 0 atom stereocenters. The van der Waals surface area contributed by atoms with Gasteiger partial charge in [-0.3, -0.25) is 0 Å². The van der Waals surface area contributed by atoms with Crippen molar-refractivity contribution in [2.45, 2.75) is 37.0 Å². The van der Waals surface area contributed by atoms with E-state index in [2.05, 4.69) is 39.0 Å². The summed E-state index contributed by atoms with van der Waals surface area (Å²) in [5, 5.41) is 0. The standard InChI is InChI=1S/C17H21NOS/c1-4-9-19-16-11-14(6-7-15(16)18)20-17-8-5-12(2)10-13(17)3/h5-8,10-11H,4,9,18H2,1-3H3. The molecule has 0 aliphatic heterocycles. The van der Waals surface area contributed by atoms with Crippen molar-refractivity contribution in [1.29, 1.82) is 0 Å². The zero-order valence-corrected chi connectivity index (χ0v) is 13.1. The third-order valence-electron chi connectivity index (χ3n) is 3.00. The number of benzene rings is 2. The molecule has 0 aliphatic carbocycles. The fourth-order valence-electron chi connectivity index (χ4n) is 1.96. The molecule has 2 rings (SSSR count). The van der Waals surface area contributed by atoms with Gasteiger partial charge in [0, 0.05) is 9.79 Å². The fourth-order valence-corrected chi connectivity index (χ4v) is 2.87. The van der Waals surface area contributed by atoms with Crippen LogP contribution in [0.15, 0.2) is 46.2 Å². The molecule has 20 heavy (non-hydrogen) atoms. The number of anilines is 1. The van der Waals surface area contributed by atoms with Crippen molar-refractivity contribution in [1.82, 2.24) is 0 Å². The van der Waals surface area contributed by atoms with Crippen LogP contribution in [0.1, 0.15) is 24.5 Å². The van der Waals surface area contributed by atoms with Crippen LogP contribution in [0.4, 0.5) is 5.69 Å². The molecular weight excluding hydrogens is 266 g/mol. The van der Waals surface area contributed by atoms with E-state index in [1.807, 2.05) is 18.2 Å². The molecule has 3 heteroatoms. The third kappa shape index (κ3) is 3.70. The molecule has 0 aliphatic rings. The number of nitrogen functional groups attached to an aromatic ring is 1. The Labute approximate surface area is 125 Å². The number of aryl methyl sites for hydroxylation is 2. The minimum atomic E-state index is 0.696. The highest BCUT2D eigenvalue weighted by Gasteiger charge is 2.06. The molecule has 0 saturated carbocycles. The number of hydrogen-bond donors (Lipinski definition) is 1. The van der Waals surface area contributed by atoms with Crippen molar-refractivity contribution in [2.24, 2.45) is 0 Å². The van der Waals surface area contributed by atoms with Crippen LogP contribution in [-0.4, -0.2) is 6.61 Å². The number of rotatable bonds is 5. The summed E-state index contributed by atoms with van der Waals surface area (Å²) < 4.78 is 5.68. The van der Waals surface area contributed by atoms with Crippen molar-refractivity contribution < 1.29 is 4.74 Å². The summed E-state index contributed by atoms with van der Waals surface area (Å²) in [6.07, 6.45) is 0.980. The Bertz CT molecular complexity index is 596. The van der Waals surface area contributed by atoms with Crippen LogP contribution in [0, 0.1) is 13.8 Å². The number of nitrogens with two attached hydrogens (primary N) is 1. The first-order chi connectivity index (χ1) is 9.60. The maximum absolute atomic E-state index is 5.94. The average Bonchev–Trinajstić information content (AvgIpc) is 2.42. The Morgan fingerprint density at radius 3 is 2.60 bits per heavy atom. The maximum atomic E-state index is 5.94. The van der Waals surface area contributed by atoms with Crippen LogP contribution in [0.2, 0.25) is 0 Å². The van der Waals surface area contributed by atoms with Gasteiger partial charge in [-0.15, -0.1) is 0 Å². The first-order valence-electron chi connectivity index (χ1n) is 6.87. The molecule has 2 aromatic carbocycles. The van der Waals surface area contributed by atoms with Crippen molar-refractivity contribution in [3.63, 3.8) is 0 Å². The zero-order chi connectivity index (χ0) is 14.5. The molecule has 0 radical (unpaired) electrons. The van der Waals surface area contributed by atoms with E-state index < -0.39 is 0 Å². The maximum Gasteiger partial charge on any atom is 0.143 e. The molecule has 0 aromatic heterocycles. The van der Waals surface area contributed by atoms with Gasteiger partial charge in [-0.2, -0.15) is 0 Å². The monoisotopic (exact) mass is 287 g/mol. The second-order valence-corrected chi connectivity index (χ2v) is 6.03. The molecule has 0 amide bonds. The second kappa shape index (κ2) is 6.71. The normalized spacial score (nSPS) is 10.6. The van der Waals surface area contributed by atoms with Crippen molar-refractivity contribution in [2.75, 3.05) is 12.3 Å². The summed E-state index contributed by atoms with van der Waals surface area (Å²) in [5.74, 6) is 0.779. The van der Waals surface area contributed by atoms with Crippen molar-refractivity contribution in [3.8, 4) is 5.75 Å². The SMILES string of the molecule is CCCOc1cc(Sc2ccc(C)cc2C)ccc1N. The fraction of sp³-hybridized carbons (Fsp3) is 0.294. The lowest BCUT2D eigenvalue weighted by molar-refractivity contribution is 0.318. The average molecular weight is 287 g/mol. The first-order valence-corrected chi connectivity index (χ1v) is 7.69. The van der Waals surface area contributed by atoms with Gasteiger partial charge < -0.3 is 10.5 Å². The highest BCUT2D eigenvalue weighted by molar-refractivity contribution is 7.99. The van der Waals surface area contributed by atoms with Crippen LogP contribution >= 0.6 is 11.8 Å². The van der Waals surface area contributed by atoms with Crippen LogP contribution in [0.5, 0.6) is 5.75 Å². The summed E-state index contributed by atoms with van der Waals surface area (Å²) in [6, 6.07) is 12.5. The Hall–Kier alpha value is -1.61. The molecule has 2 aromatic rings. The lowest BCUT2D eigenvalue weighted by atomic mass is 10.2. The topological polar surface area (TPSA) is 35.2 Å². The Balaban J connectivity index is 2.20. The van der Waals surface area contributed by atoms with E-state index in [0.29, 0.717) is 12.3 Å². The minimum Gasteiger partial charge on any atom is -0.491 e. The van der Waals surface area contributed by atoms with E-state index >= 15 is 0 Å². The van der Waals surface area contributed by atoms with Gasteiger partial charge in [-0.25, -0.2) is 0 Å². The predicted molar refractivity (Wildman–Crippen MR) is 86.7 cm³/mol. The summed E-state index contributed by atoms with van der Waals surface area (Å²) in [5.41, 5.74) is 9.22. The van der Waals surface area contributed by atoms with Gasteiger partial charge in [0.05, 0.1) is 12.3 Å². The zero-order valence-electron chi connectivity index (χ0n) is 12.3. The Morgan fingerprint density at radius 2 is 1.90 bits per heavy atom. The van der Waals surface area contributed by atoms with Crippen molar-refractivity contribution >= 4 is 17.4 Å². The van der Waals surface area contributed by atoms with Gasteiger partial charge in [-0.05, 0) is 50.1 Å². The summed E-state index contributed by atoms with van der Waals surface area (Å²) in [6.45, 7) is 7.04. The van der Waals surface area contributed by atoms with Crippen molar-refractivity contribution in [3.05, 3.63) is 47.5 Å². The molecular formula is C17H21NOS. The highest BCUT2D eigenvalue weighted by Crippen LogP contribution is 2.34. The van der Waals surface area contributed by atoms with Crippen LogP contribution < -0.4 is 10.5 Å². The van der Waals surface area contributed by atoms with Gasteiger partial charge in [0.15, 0.2) is 0 Å². The van der Waals surface area contributed by atoms with Gasteiger partial charge in [0.1, 0.15) is 5.75 Å². The van der Waals surface area contributed by atoms with Crippen LogP contribution in [0.3, 0.4) is 0 Å². The van der Waals surface area contributed by atoms with Gasteiger partial charge in [-0.1, -0.05) is 36.4 Å². The largest absolute Gasteiger partial charge is 0.491 e. The van der Waals surface area contributed by atoms with Crippen LogP contribution in [0.25, 0.3) is 0 Å². The first kappa shape index (κ1) is 14.8. The third-order valence-corrected chi connectivity index (χ3v) is 4.17. The molecule has 0 heterocycles. The molecule has 2 nitrogen and oxygen atoms in total. The molecule has 0 fully saturated rings. The predicted octanol–water partition coefficient (Wildman–Crippen LogP) is 4.83. The molecule has 0 saturated heterocycles. The minimum absolute atomic E-state index is 0.696. The molecule has 0 spiro atoms. The Kier molecular flexibility index (Phi) is 4.96. The molecule has 106 valence electrons. The lowest BCUT2D eigenvalue weighted by Gasteiger charge is -2.11. The summed E-state index contributed by atoms with van der Waals surface area (Å²) >= 11 is 1.74. The van der Waals surface area contributed by atoms with Gasteiger partial charge in [0.2, 0.25) is 0 Å². The van der Waals surface area contributed by atoms with E-state index in [1.54, 1.807) is 11.8 Å². The quantitative estimate of drug-likeness (QED) is 0.800. The van der Waals surface area contributed by atoms with E-state index in [4.69, 9.17) is 10.5 Å². The van der Waals surface area contributed by atoms with E-state index in [-0.39, 0.29) is 0 Å². The van der Waals surface area contributed by atoms with E-state index in [0.717, 1.165) is 17.1 Å². The highest BCUT2D eigenvalue weighted by atomic mass is 32.2. The smallest absolute Gasteiger partial charge is 0.143 e. The van der Waals surface area contributed by atoms with Crippen LogP contribution in [-0.2, 0) is 0 Å². The van der Waals surface area contributed by atoms with E-state index in [1.165, 1.54) is 16.0 Å². The lowest BCUT2D eigenvalue weighted by Crippen LogP contribution is -1.99. The molecule has 2 N–H and O–H groups in total. The number of ether oxygens (including phenoxy) is 1. The van der Waals surface area contributed by atoms with Gasteiger partial charge in [0.25, 0.3) is 0 Å².